The number of morpholine rings is 1. The van der Waals surface area contributed by atoms with E-state index in [1.165, 1.54) is 12.1 Å². The van der Waals surface area contributed by atoms with E-state index in [0.29, 0.717) is 19.8 Å². The van der Waals surface area contributed by atoms with Crippen molar-refractivity contribution in [3.8, 4) is 0 Å². The molecule has 1 saturated carbocycles. The molecule has 1 aliphatic carbocycles. The van der Waals surface area contributed by atoms with Gasteiger partial charge in [-0.2, -0.15) is 0 Å². The molecule has 0 unspecified atom stereocenters. The van der Waals surface area contributed by atoms with Crippen LogP contribution in [0, 0.1) is 17.6 Å². The SMILES string of the molecule is O=C(CCc1cccc(F)c1F)N1CCOC[C@@H]1[C@H]1CCC[C@H]1O. The number of hydrogen-bond acceptors (Lipinski definition) is 3. The van der Waals surface area contributed by atoms with Crippen molar-refractivity contribution in [3.63, 3.8) is 0 Å². The van der Waals surface area contributed by atoms with Crippen LogP contribution in [-0.4, -0.2) is 47.8 Å². The zero-order valence-corrected chi connectivity index (χ0v) is 13.6. The van der Waals surface area contributed by atoms with Crippen molar-refractivity contribution in [2.45, 2.75) is 44.2 Å². The average Bonchev–Trinajstić information content (AvgIpc) is 3.02. The summed E-state index contributed by atoms with van der Waals surface area (Å²) in [4.78, 5) is 14.4. The van der Waals surface area contributed by atoms with Gasteiger partial charge in [0.05, 0.1) is 25.4 Å². The molecule has 24 heavy (non-hydrogen) atoms. The van der Waals surface area contributed by atoms with Crippen molar-refractivity contribution in [2.75, 3.05) is 19.8 Å². The molecule has 1 saturated heterocycles. The number of aliphatic hydroxyl groups excluding tert-OH is 1. The first-order valence-corrected chi connectivity index (χ1v) is 8.56. The number of aryl methyl sites for hydroxylation is 1. The molecule has 2 aliphatic rings. The van der Waals surface area contributed by atoms with Crippen molar-refractivity contribution >= 4 is 5.91 Å². The summed E-state index contributed by atoms with van der Waals surface area (Å²) in [5.41, 5.74) is 0.217. The largest absolute Gasteiger partial charge is 0.393 e. The molecule has 1 aromatic carbocycles. The number of carbonyl (C=O) groups excluding carboxylic acids is 1. The molecule has 3 rings (SSSR count). The number of hydrogen-bond donors (Lipinski definition) is 1. The Morgan fingerprint density at radius 2 is 2.17 bits per heavy atom. The van der Waals surface area contributed by atoms with Gasteiger partial charge in [0.15, 0.2) is 11.6 Å². The molecule has 0 bridgehead atoms. The molecule has 132 valence electrons. The molecule has 1 N–H and O–H groups in total. The quantitative estimate of drug-likeness (QED) is 0.916. The predicted octanol–water partition coefficient (Wildman–Crippen LogP) is 2.29. The number of carbonyl (C=O) groups is 1. The van der Waals surface area contributed by atoms with Crippen LogP contribution in [0.4, 0.5) is 8.78 Å². The third-order valence-electron chi connectivity index (χ3n) is 5.15. The van der Waals surface area contributed by atoms with Crippen molar-refractivity contribution in [3.05, 3.63) is 35.4 Å². The van der Waals surface area contributed by atoms with Crippen LogP contribution >= 0.6 is 0 Å². The number of ether oxygens (including phenoxy) is 1. The van der Waals surface area contributed by atoms with Crippen LogP contribution in [0.5, 0.6) is 0 Å². The number of amides is 1. The molecule has 1 heterocycles. The van der Waals surface area contributed by atoms with Crippen molar-refractivity contribution in [1.29, 1.82) is 0 Å². The highest BCUT2D eigenvalue weighted by Crippen LogP contribution is 2.32. The minimum atomic E-state index is -0.890. The van der Waals surface area contributed by atoms with Gasteiger partial charge in [0, 0.05) is 18.9 Å². The fourth-order valence-electron chi connectivity index (χ4n) is 3.83. The smallest absolute Gasteiger partial charge is 0.223 e. The lowest BCUT2D eigenvalue weighted by Crippen LogP contribution is -2.53. The van der Waals surface area contributed by atoms with E-state index in [2.05, 4.69) is 0 Å². The predicted molar refractivity (Wildman–Crippen MR) is 84.3 cm³/mol. The van der Waals surface area contributed by atoms with Gasteiger partial charge in [-0.3, -0.25) is 4.79 Å². The Kier molecular flexibility index (Phi) is 5.46. The normalized spacial score (nSPS) is 27.5. The molecule has 1 aliphatic heterocycles. The third-order valence-corrected chi connectivity index (χ3v) is 5.15. The van der Waals surface area contributed by atoms with Crippen molar-refractivity contribution in [1.82, 2.24) is 4.90 Å². The topological polar surface area (TPSA) is 49.8 Å². The lowest BCUT2D eigenvalue weighted by molar-refractivity contribution is -0.143. The van der Waals surface area contributed by atoms with E-state index in [9.17, 15) is 18.7 Å². The molecule has 1 amide bonds. The molecule has 2 fully saturated rings. The maximum Gasteiger partial charge on any atom is 0.223 e. The minimum Gasteiger partial charge on any atom is -0.393 e. The number of halogens is 2. The van der Waals surface area contributed by atoms with Crippen LogP contribution in [0.2, 0.25) is 0 Å². The highest BCUT2D eigenvalue weighted by Gasteiger charge is 2.39. The summed E-state index contributed by atoms with van der Waals surface area (Å²) < 4.78 is 32.5. The van der Waals surface area contributed by atoms with Gasteiger partial charge in [0.1, 0.15) is 0 Å². The standard InChI is InChI=1S/C18H23F2NO3/c19-14-5-1-3-12(18(14)20)7-8-17(23)21-9-10-24-11-15(21)13-4-2-6-16(13)22/h1,3,5,13,15-16,22H,2,4,6-11H2/t13-,15-,16-/m1/s1. The molecule has 1 aromatic rings. The lowest BCUT2D eigenvalue weighted by atomic mass is 9.93. The molecule has 0 radical (unpaired) electrons. The maximum absolute atomic E-state index is 13.7. The van der Waals surface area contributed by atoms with Crippen molar-refractivity contribution < 1.29 is 23.4 Å². The second kappa shape index (κ2) is 7.57. The van der Waals surface area contributed by atoms with E-state index in [1.807, 2.05) is 0 Å². The van der Waals surface area contributed by atoms with Gasteiger partial charge < -0.3 is 14.7 Å². The highest BCUT2D eigenvalue weighted by atomic mass is 19.2. The van der Waals surface area contributed by atoms with Gasteiger partial charge >= 0.3 is 0 Å². The van der Waals surface area contributed by atoms with Gasteiger partial charge in [0.25, 0.3) is 0 Å². The first kappa shape index (κ1) is 17.3. The number of benzene rings is 1. The fraction of sp³-hybridized carbons (Fsp3) is 0.611. The summed E-state index contributed by atoms with van der Waals surface area (Å²) in [7, 11) is 0. The Balaban J connectivity index is 1.65. The van der Waals surface area contributed by atoms with E-state index >= 15 is 0 Å². The van der Waals surface area contributed by atoms with E-state index < -0.39 is 17.7 Å². The van der Waals surface area contributed by atoms with Gasteiger partial charge in [-0.25, -0.2) is 8.78 Å². The molecule has 0 aromatic heterocycles. The van der Waals surface area contributed by atoms with E-state index in [4.69, 9.17) is 4.74 Å². The fourth-order valence-corrected chi connectivity index (χ4v) is 3.83. The zero-order valence-electron chi connectivity index (χ0n) is 13.6. The summed E-state index contributed by atoms with van der Waals surface area (Å²) in [6.45, 7) is 1.39. The van der Waals surface area contributed by atoms with Gasteiger partial charge in [-0.05, 0) is 30.9 Å². The summed E-state index contributed by atoms with van der Waals surface area (Å²) >= 11 is 0. The van der Waals surface area contributed by atoms with Crippen LogP contribution in [-0.2, 0) is 16.0 Å². The number of rotatable bonds is 4. The van der Waals surface area contributed by atoms with Gasteiger partial charge in [-0.1, -0.05) is 18.6 Å². The minimum absolute atomic E-state index is 0.0418. The molecular formula is C18H23F2NO3. The van der Waals surface area contributed by atoms with Crippen LogP contribution < -0.4 is 0 Å². The zero-order chi connectivity index (χ0) is 17.1. The molecule has 0 spiro atoms. The summed E-state index contributed by atoms with van der Waals surface area (Å²) in [5, 5.41) is 10.1. The average molecular weight is 339 g/mol. The summed E-state index contributed by atoms with van der Waals surface area (Å²) in [6.07, 6.45) is 2.50. The molecule has 3 atom stereocenters. The molecule has 4 nitrogen and oxygen atoms in total. The monoisotopic (exact) mass is 339 g/mol. The first-order chi connectivity index (χ1) is 11.6. The van der Waals surface area contributed by atoms with Crippen LogP contribution in [0.15, 0.2) is 18.2 Å². The Hall–Kier alpha value is -1.53. The van der Waals surface area contributed by atoms with Crippen LogP contribution in [0.1, 0.15) is 31.2 Å². The van der Waals surface area contributed by atoms with E-state index in [0.717, 1.165) is 25.3 Å². The highest BCUT2D eigenvalue weighted by molar-refractivity contribution is 5.77. The third kappa shape index (κ3) is 3.59. The Labute approximate surface area is 140 Å². The Morgan fingerprint density at radius 1 is 1.33 bits per heavy atom. The number of nitrogens with zero attached hydrogens (tertiary/aromatic N) is 1. The molecular weight excluding hydrogens is 316 g/mol. The maximum atomic E-state index is 13.7. The van der Waals surface area contributed by atoms with Gasteiger partial charge in [0.2, 0.25) is 5.91 Å². The van der Waals surface area contributed by atoms with E-state index in [-0.39, 0.29) is 36.3 Å². The lowest BCUT2D eigenvalue weighted by Gasteiger charge is -2.40. The first-order valence-electron chi connectivity index (χ1n) is 8.56. The van der Waals surface area contributed by atoms with Gasteiger partial charge in [-0.15, -0.1) is 0 Å². The van der Waals surface area contributed by atoms with E-state index in [1.54, 1.807) is 4.90 Å². The second-order valence-corrected chi connectivity index (χ2v) is 6.60. The van der Waals surface area contributed by atoms with Crippen LogP contribution in [0.3, 0.4) is 0 Å². The van der Waals surface area contributed by atoms with Crippen LogP contribution in [0.25, 0.3) is 0 Å². The van der Waals surface area contributed by atoms with Crippen molar-refractivity contribution in [2.24, 2.45) is 5.92 Å². The summed E-state index contributed by atoms with van der Waals surface area (Å²) in [5.74, 6) is -1.82. The Bertz CT molecular complexity index is 596. The number of aliphatic hydroxyl groups is 1. The second-order valence-electron chi connectivity index (χ2n) is 6.60. The summed E-state index contributed by atoms with van der Waals surface area (Å²) in [6, 6.07) is 3.90. The molecule has 6 heteroatoms. The Morgan fingerprint density at radius 3 is 2.92 bits per heavy atom.